The summed E-state index contributed by atoms with van der Waals surface area (Å²) in [6.45, 7) is 3.01. The molecule has 8 heteroatoms. The molecule has 0 bridgehead atoms. The number of hydrogen-bond donors (Lipinski definition) is 1. The Kier molecular flexibility index (Phi) is 4.55. The van der Waals surface area contributed by atoms with Gasteiger partial charge in [0.15, 0.2) is 6.04 Å². The van der Waals surface area contributed by atoms with E-state index in [-0.39, 0.29) is 0 Å². The molecule has 2 heterocycles. The van der Waals surface area contributed by atoms with Crippen molar-refractivity contribution in [1.29, 1.82) is 0 Å². The lowest BCUT2D eigenvalue weighted by Crippen LogP contribution is -2.41. The van der Waals surface area contributed by atoms with E-state index >= 15 is 0 Å². The molecule has 1 aromatic rings. The average molecular weight is 304 g/mol. The monoisotopic (exact) mass is 304 g/mol. The normalized spacial score (nSPS) is 18.8. The van der Waals surface area contributed by atoms with Crippen molar-refractivity contribution in [2.45, 2.75) is 32.0 Å². The van der Waals surface area contributed by atoms with Crippen LogP contribution in [-0.2, 0) is 0 Å². The van der Waals surface area contributed by atoms with E-state index in [1.807, 2.05) is 4.90 Å². The second kappa shape index (κ2) is 6.05. The summed E-state index contributed by atoms with van der Waals surface area (Å²) in [4.78, 5) is 13.9. The molecular weight excluding hydrogens is 285 g/mol. The summed E-state index contributed by atoms with van der Waals surface area (Å²) in [5.41, 5.74) is 4.92. The number of hydrogen-bond acceptors (Lipinski definition) is 4. The Morgan fingerprint density at radius 2 is 2.05 bits per heavy atom. The van der Waals surface area contributed by atoms with Gasteiger partial charge in [0.2, 0.25) is 0 Å². The lowest BCUT2D eigenvalue weighted by Gasteiger charge is -2.32. The molecule has 1 saturated heterocycles. The quantitative estimate of drug-likeness (QED) is 0.920. The zero-order chi connectivity index (χ0) is 15.6. The third kappa shape index (κ3) is 3.55. The summed E-state index contributed by atoms with van der Waals surface area (Å²) in [5, 5.41) is 3.67. The molecule has 2 rings (SSSR count). The first-order chi connectivity index (χ1) is 9.82. The molecular formula is C13H19F3N4O. The number of halogens is 3. The van der Waals surface area contributed by atoms with Gasteiger partial charge in [0.05, 0.1) is 11.9 Å². The molecule has 1 fully saturated rings. The van der Waals surface area contributed by atoms with E-state index in [4.69, 9.17) is 5.73 Å². The maximum atomic E-state index is 12.8. The molecule has 1 atom stereocenters. The predicted octanol–water partition coefficient (Wildman–Crippen LogP) is 1.54. The second-order valence-electron chi connectivity index (χ2n) is 5.46. The Morgan fingerprint density at radius 1 is 1.43 bits per heavy atom. The standard InChI is InChI=1S/C13H19F3N4O/c1-9-2-4-19(5-3-9)10-6-12(21)20(18-8-10)11(7-17)13(14,15)16/h6,8-9,11H,2-5,7,17H2,1H3. The van der Waals surface area contributed by atoms with Crippen molar-refractivity contribution in [1.82, 2.24) is 9.78 Å². The van der Waals surface area contributed by atoms with Gasteiger partial charge < -0.3 is 10.6 Å². The fourth-order valence-corrected chi connectivity index (χ4v) is 2.45. The number of aromatic nitrogens is 2. The molecule has 0 radical (unpaired) electrons. The third-order valence-corrected chi connectivity index (χ3v) is 3.86. The van der Waals surface area contributed by atoms with E-state index in [2.05, 4.69) is 12.0 Å². The molecule has 1 unspecified atom stereocenters. The van der Waals surface area contributed by atoms with E-state index in [1.54, 1.807) is 0 Å². The highest BCUT2D eigenvalue weighted by molar-refractivity contribution is 5.43. The number of nitrogens with two attached hydrogens (primary N) is 1. The van der Waals surface area contributed by atoms with Gasteiger partial charge >= 0.3 is 6.18 Å². The van der Waals surface area contributed by atoms with Gasteiger partial charge in [0.25, 0.3) is 5.56 Å². The van der Waals surface area contributed by atoms with Crippen molar-refractivity contribution in [2.24, 2.45) is 11.7 Å². The summed E-state index contributed by atoms with van der Waals surface area (Å²) in [5.74, 6) is 0.626. The van der Waals surface area contributed by atoms with Crippen LogP contribution in [0.15, 0.2) is 17.1 Å². The fraction of sp³-hybridized carbons (Fsp3) is 0.692. The minimum atomic E-state index is -4.59. The van der Waals surface area contributed by atoms with Gasteiger partial charge in [0, 0.05) is 25.7 Å². The van der Waals surface area contributed by atoms with Crippen LogP contribution in [0.5, 0.6) is 0 Å². The third-order valence-electron chi connectivity index (χ3n) is 3.86. The van der Waals surface area contributed by atoms with Crippen molar-refractivity contribution in [3.05, 3.63) is 22.6 Å². The first-order valence-electron chi connectivity index (χ1n) is 6.93. The molecule has 0 aliphatic carbocycles. The maximum absolute atomic E-state index is 12.8. The largest absolute Gasteiger partial charge is 0.412 e. The first kappa shape index (κ1) is 15.8. The van der Waals surface area contributed by atoms with E-state index < -0.39 is 24.3 Å². The van der Waals surface area contributed by atoms with E-state index in [1.165, 1.54) is 12.3 Å². The zero-order valence-electron chi connectivity index (χ0n) is 11.8. The summed E-state index contributed by atoms with van der Waals surface area (Å²) in [7, 11) is 0. The van der Waals surface area contributed by atoms with Crippen molar-refractivity contribution in [3.8, 4) is 0 Å². The van der Waals surface area contributed by atoms with Crippen LogP contribution in [0.25, 0.3) is 0 Å². The summed E-state index contributed by atoms with van der Waals surface area (Å²) in [6, 6.07) is -0.877. The van der Waals surface area contributed by atoms with Gasteiger partial charge in [-0.05, 0) is 18.8 Å². The van der Waals surface area contributed by atoms with Gasteiger partial charge in [0.1, 0.15) is 0 Å². The number of piperidine rings is 1. The molecule has 0 saturated carbocycles. The minimum absolute atomic E-state index is 0.413. The molecule has 1 aliphatic heterocycles. The van der Waals surface area contributed by atoms with Gasteiger partial charge in [-0.15, -0.1) is 0 Å². The molecule has 5 nitrogen and oxygen atoms in total. The molecule has 0 spiro atoms. The van der Waals surface area contributed by atoms with Crippen LogP contribution in [0.3, 0.4) is 0 Å². The first-order valence-corrected chi connectivity index (χ1v) is 6.93. The number of anilines is 1. The van der Waals surface area contributed by atoms with Crippen LogP contribution in [0, 0.1) is 5.92 Å². The zero-order valence-corrected chi connectivity index (χ0v) is 11.8. The van der Waals surface area contributed by atoms with Crippen molar-refractivity contribution in [3.63, 3.8) is 0 Å². The van der Waals surface area contributed by atoms with Gasteiger partial charge in [-0.3, -0.25) is 4.79 Å². The van der Waals surface area contributed by atoms with Gasteiger partial charge in [-0.1, -0.05) is 6.92 Å². The molecule has 0 amide bonds. The number of nitrogens with zero attached hydrogens (tertiary/aromatic N) is 3. The van der Waals surface area contributed by atoms with Gasteiger partial charge in [-0.2, -0.15) is 18.3 Å². The highest BCUT2D eigenvalue weighted by Gasteiger charge is 2.41. The van der Waals surface area contributed by atoms with Crippen LogP contribution in [-0.4, -0.2) is 35.6 Å². The van der Waals surface area contributed by atoms with Crippen LogP contribution < -0.4 is 16.2 Å². The molecule has 0 aromatic carbocycles. The summed E-state index contributed by atoms with van der Waals surface area (Å²) >= 11 is 0. The Morgan fingerprint density at radius 3 is 2.52 bits per heavy atom. The second-order valence-corrected chi connectivity index (χ2v) is 5.46. The highest BCUT2D eigenvalue weighted by Crippen LogP contribution is 2.28. The maximum Gasteiger partial charge on any atom is 0.412 e. The minimum Gasteiger partial charge on any atom is -0.370 e. The Bertz CT molecular complexity index is 535. The van der Waals surface area contributed by atoms with Crippen LogP contribution in [0.2, 0.25) is 0 Å². The average Bonchev–Trinajstić information content (AvgIpc) is 2.41. The Labute approximate surface area is 120 Å². The van der Waals surface area contributed by atoms with Crippen LogP contribution in [0.1, 0.15) is 25.8 Å². The molecule has 1 aromatic heterocycles. The molecule has 118 valence electrons. The van der Waals surface area contributed by atoms with Crippen LogP contribution in [0.4, 0.5) is 18.9 Å². The topological polar surface area (TPSA) is 64.2 Å². The van der Waals surface area contributed by atoms with Crippen molar-refractivity contribution < 1.29 is 13.2 Å². The predicted molar refractivity (Wildman–Crippen MR) is 73.3 cm³/mol. The fourth-order valence-electron chi connectivity index (χ4n) is 2.45. The molecule has 1 aliphatic rings. The lowest BCUT2D eigenvalue weighted by molar-refractivity contribution is -0.168. The van der Waals surface area contributed by atoms with Crippen LogP contribution >= 0.6 is 0 Å². The van der Waals surface area contributed by atoms with E-state index in [9.17, 15) is 18.0 Å². The smallest absolute Gasteiger partial charge is 0.370 e. The van der Waals surface area contributed by atoms with E-state index in [0.29, 0.717) is 16.3 Å². The van der Waals surface area contributed by atoms with Gasteiger partial charge in [-0.25, -0.2) is 4.68 Å². The highest BCUT2D eigenvalue weighted by atomic mass is 19.4. The Hall–Kier alpha value is -1.57. The summed E-state index contributed by atoms with van der Waals surface area (Å²) < 4.78 is 38.8. The number of alkyl halides is 3. The van der Waals surface area contributed by atoms with E-state index in [0.717, 1.165) is 25.9 Å². The lowest BCUT2D eigenvalue weighted by atomic mass is 9.99. The number of rotatable bonds is 3. The van der Waals surface area contributed by atoms with Crippen molar-refractivity contribution >= 4 is 5.69 Å². The molecule has 21 heavy (non-hydrogen) atoms. The SMILES string of the molecule is CC1CCN(c2cnn(C(CN)C(F)(F)F)c(=O)c2)CC1. The molecule has 2 N–H and O–H groups in total. The van der Waals surface area contributed by atoms with Crippen molar-refractivity contribution in [2.75, 3.05) is 24.5 Å². The summed E-state index contributed by atoms with van der Waals surface area (Å²) in [6.07, 6.45) is -1.28. The Balaban J connectivity index is 2.23.